The summed E-state index contributed by atoms with van der Waals surface area (Å²) in [6.45, 7) is 12.0. The van der Waals surface area contributed by atoms with E-state index in [1.807, 2.05) is 84.9 Å². The molecule has 0 saturated carbocycles. The fourth-order valence-electron chi connectivity index (χ4n) is 4.37. The van der Waals surface area contributed by atoms with Crippen LogP contribution in [0.2, 0.25) is 0 Å². The number of anilines is 2. The second-order valence-corrected chi connectivity index (χ2v) is 10.7. The minimum Gasteiger partial charge on any atom is -0.481 e. The molecule has 0 radical (unpaired) electrons. The maximum absolute atomic E-state index is 13.0. The number of hydrogen-bond donors (Lipinski definition) is 2. The Labute approximate surface area is 236 Å². The molecule has 2 amide bonds. The van der Waals surface area contributed by atoms with Gasteiger partial charge < -0.3 is 20.1 Å². The van der Waals surface area contributed by atoms with Gasteiger partial charge in [-0.25, -0.2) is 0 Å². The first-order valence-electron chi connectivity index (χ1n) is 13.8. The molecule has 0 aromatic heterocycles. The largest absolute Gasteiger partial charge is 0.481 e. The maximum atomic E-state index is 13.0. The fraction of sp³-hybridized carbons (Fsp3) is 0.294. The van der Waals surface area contributed by atoms with Crippen LogP contribution in [0.1, 0.15) is 64.5 Å². The third kappa shape index (κ3) is 7.00. The second kappa shape index (κ2) is 12.7. The van der Waals surface area contributed by atoms with Gasteiger partial charge in [0.1, 0.15) is 11.5 Å². The molecule has 4 aromatic rings. The third-order valence-electron chi connectivity index (χ3n) is 6.90. The minimum atomic E-state index is -0.698. The first kappa shape index (κ1) is 28.7. The van der Waals surface area contributed by atoms with Crippen LogP contribution in [0.4, 0.5) is 11.4 Å². The summed E-state index contributed by atoms with van der Waals surface area (Å²) >= 11 is 0. The van der Waals surface area contributed by atoms with E-state index in [9.17, 15) is 9.59 Å². The molecule has 0 fully saturated rings. The summed E-state index contributed by atoms with van der Waals surface area (Å²) in [6, 6.07) is 26.8. The molecule has 6 heteroatoms. The van der Waals surface area contributed by atoms with Crippen molar-refractivity contribution >= 4 is 34.0 Å². The molecule has 0 aliphatic carbocycles. The molecule has 2 N–H and O–H groups in total. The van der Waals surface area contributed by atoms with Crippen molar-refractivity contribution in [3.63, 3.8) is 0 Å². The van der Waals surface area contributed by atoms with Crippen molar-refractivity contribution < 1.29 is 19.1 Å². The van der Waals surface area contributed by atoms with Gasteiger partial charge in [0, 0.05) is 22.1 Å². The van der Waals surface area contributed by atoms with Gasteiger partial charge in [-0.15, -0.1) is 0 Å². The molecule has 0 heterocycles. The van der Waals surface area contributed by atoms with Gasteiger partial charge in [-0.05, 0) is 73.2 Å². The zero-order chi connectivity index (χ0) is 28.8. The average Bonchev–Trinajstić information content (AvgIpc) is 2.94. The number of nitrogens with one attached hydrogen (secondary N) is 2. The second-order valence-electron chi connectivity index (χ2n) is 10.7. The number of carbonyl (C=O) groups is 2. The lowest BCUT2D eigenvalue weighted by Gasteiger charge is -2.18. The monoisotopic (exact) mass is 538 g/mol. The van der Waals surface area contributed by atoms with E-state index in [2.05, 4.69) is 38.3 Å². The lowest BCUT2D eigenvalue weighted by atomic mass is 10.0. The maximum Gasteiger partial charge on any atom is 0.265 e. The predicted octanol–water partition coefficient (Wildman–Crippen LogP) is 7.90. The zero-order valence-corrected chi connectivity index (χ0v) is 24.0. The number of hydrogen-bond acceptors (Lipinski definition) is 4. The Balaban J connectivity index is 1.43. The van der Waals surface area contributed by atoms with Crippen molar-refractivity contribution in [3.8, 4) is 11.5 Å². The van der Waals surface area contributed by atoms with Crippen LogP contribution in [0.25, 0.3) is 10.8 Å². The highest BCUT2D eigenvalue weighted by atomic mass is 16.5. The molecule has 6 nitrogen and oxygen atoms in total. The topological polar surface area (TPSA) is 76.7 Å². The molecule has 208 valence electrons. The van der Waals surface area contributed by atoms with Gasteiger partial charge in [0.15, 0.2) is 12.2 Å². The van der Waals surface area contributed by atoms with Gasteiger partial charge in [0.2, 0.25) is 0 Å². The van der Waals surface area contributed by atoms with Crippen LogP contribution < -0.4 is 20.1 Å². The van der Waals surface area contributed by atoms with Crippen molar-refractivity contribution in [2.75, 3.05) is 10.6 Å². The van der Waals surface area contributed by atoms with Gasteiger partial charge in [-0.1, -0.05) is 76.2 Å². The smallest absolute Gasteiger partial charge is 0.265 e. The van der Waals surface area contributed by atoms with E-state index >= 15 is 0 Å². The van der Waals surface area contributed by atoms with Crippen molar-refractivity contribution in [2.24, 2.45) is 0 Å². The quantitative estimate of drug-likeness (QED) is 0.215. The van der Waals surface area contributed by atoms with E-state index in [-0.39, 0.29) is 11.8 Å². The SMILES string of the molecule is CC(Oc1ccc(C(C)C)cc1)C(=O)Nc1cccc2c(NC(=O)C(C)Oc3ccc(C(C)C)cc3)cccc12. The van der Waals surface area contributed by atoms with E-state index in [0.717, 1.165) is 10.8 Å². The van der Waals surface area contributed by atoms with Crippen molar-refractivity contribution in [3.05, 3.63) is 96.1 Å². The first-order chi connectivity index (χ1) is 19.1. The van der Waals surface area contributed by atoms with Crippen LogP contribution in [0.3, 0.4) is 0 Å². The fourth-order valence-corrected chi connectivity index (χ4v) is 4.37. The van der Waals surface area contributed by atoms with Gasteiger partial charge in [-0.3, -0.25) is 9.59 Å². The summed E-state index contributed by atoms with van der Waals surface area (Å²) in [7, 11) is 0. The molecule has 2 atom stereocenters. The molecule has 2 unspecified atom stereocenters. The molecule has 4 aromatic carbocycles. The Morgan fingerprint density at radius 1 is 0.525 bits per heavy atom. The predicted molar refractivity (Wildman–Crippen MR) is 162 cm³/mol. The van der Waals surface area contributed by atoms with Crippen molar-refractivity contribution in [1.82, 2.24) is 0 Å². The highest BCUT2D eigenvalue weighted by Gasteiger charge is 2.19. The first-order valence-corrected chi connectivity index (χ1v) is 13.8. The number of amides is 2. The average molecular weight is 539 g/mol. The van der Waals surface area contributed by atoms with Gasteiger partial charge in [-0.2, -0.15) is 0 Å². The minimum absolute atomic E-state index is 0.264. The summed E-state index contributed by atoms with van der Waals surface area (Å²) in [4.78, 5) is 26.0. The number of benzene rings is 4. The summed E-state index contributed by atoms with van der Waals surface area (Å²) in [5, 5.41) is 7.57. The lowest BCUT2D eigenvalue weighted by Crippen LogP contribution is -2.30. The highest BCUT2D eigenvalue weighted by molar-refractivity contribution is 6.10. The van der Waals surface area contributed by atoms with Crippen LogP contribution in [-0.4, -0.2) is 24.0 Å². The number of ether oxygens (including phenoxy) is 2. The van der Waals surface area contributed by atoms with Crippen LogP contribution in [0, 0.1) is 0 Å². The molecule has 0 aliphatic rings. The van der Waals surface area contributed by atoms with Crippen LogP contribution in [0.15, 0.2) is 84.9 Å². The van der Waals surface area contributed by atoms with E-state index < -0.39 is 12.2 Å². The Kier molecular flexibility index (Phi) is 9.10. The number of rotatable bonds is 10. The molecule has 0 aliphatic heterocycles. The summed E-state index contributed by atoms with van der Waals surface area (Å²) in [5.41, 5.74) is 3.70. The van der Waals surface area contributed by atoms with E-state index in [1.54, 1.807) is 13.8 Å². The molecule has 40 heavy (non-hydrogen) atoms. The summed E-state index contributed by atoms with van der Waals surface area (Å²) in [5.74, 6) is 1.60. The van der Waals surface area contributed by atoms with Crippen LogP contribution in [-0.2, 0) is 9.59 Å². The van der Waals surface area contributed by atoms with Crippen LogP contribution >= 0.6 is 0 Å². The van der Waals surface area contributed by atoms with E-state index in [1.165, 1.54) is 11.1 Å². The summed E-state index contributed by atoms with van der Waals surface area (Å²) in [6.07, 6.45) is -1.40. The van der Waals surface area contributed by atoms with E-state index in [0.29, 0.717) is 34.7 Å². The Morgan fingerprint density at radius 2 is 0.875 bits per heavy atom. The van der Waals surface area contributed by atoms with Gasteiger partial charge in [0.25, 0.3) is 11.8 Å². The van der Waals surface area contributed by atoms with Gasteiger partial charge >= 0.3 is 0 Å². The molecule has 0 saturated heterocycles. The van der Waals surface area contributed by atoms with Crippen molar-refractivity contribution in [2.45, 2.75) is 65.6 Å². The van der Waals surface area contributed by atoms with E-state index in [4.69, 9.17) is 9.47 Å². The summed E-state index contributed by atoms with van der Waals surface area (Å²) < 4.78 is 11.8. The third-order valence-corrected chi connectivity index (χ3v) is 6.90. The van der Waals surface area contributed by atoms with Gasteiger partial charge in [0.05, 0.1) is 0 Å². The number of fused-ring (bicyclic) bond motifs is 1. The Bertz CT molecular complexity index is 1350. The molecule has 0 spiro atoms. The van der Waals surface area contributed by atoms with Crippen LogP contribution in [0.5, 0.6) is 11.5 Å². The Morgan fingerprint density at radius 3 is 1.20 bits per heavy atom. The lowest BCUT2D eigenvalue weighted by molar-refractivity contribution is -0.122. The molecular weight excluding hydrogens is 500 g/mol. The standard InChI is InChI=1S/C34H38N2O4/c1-21(2)25-13-17-27(18-14-25)39-23(5)33(37)35-31-11-7-10-30-29(31)9-8-12-32(30)36-34(38)24(6)40-28-19-15-26(16-20-28)22(3)4/h7-24H,1-6H3,(H,35,37)(H,36,38). The normalized spacial score (nSPS) is 12.7. The molecular formula is C34H38N2O4. The van der Waals surface area contributed by atoms with Crippen molar-refractivity contribution in [1.29, 1.82) is 0 Å². The zero-order valence-electron chi connectivity index (χ0n) is 24.0. The molecule has 0 bridgehead atoms. The number of carbonyl (C=O) groups excluding carboxylic acids is 2. The molecule has 4 rings (SSSR count). The Hall–Kier alpha value is -4.32. The highest BCUT2D eigenvalue weighted by Crippen LogP contribution is 2.30.